The van der Waals surface area contributed by atoms with E-state index in [9.17, 15) is 14.7 Å². The average molecular weight is 232 g/mol. The maximum atomic E-state index is 10.7. The van der Waals surface area contributed by atoms with E-state index in [0.717, 1.165) is 6.08 Å². The van der Waals surface area contributed by atoms with Crippen LogP contribution in [0.5, 0.6) is 0 Å². The molecule has 0 aliphatic carbocycles. The highest BCUT2D eigenvalue weighted by molar-refractivity contribution is 5.87. The van der Waals surface area contributed by atoms with Crippen molar-refractivity contribution in [3.63, 3.8) is 0 Å². The van der Waals surface area contributed by atoms with Gasteiger partial charge in [0.25, 0.3) is 0 Å². The van der Waals surface area contributed by atoms with Gasteiger partial charge in [-0.05, 0) is 6.92 Å². The van der Waals surface area contributed by atoms with Gasteiger partial charge in [0.15, 0.2) is 5.78 Å². The van der Waals surface area contributed by atoms with Gasteiger partial charge in [-0.1, -0.05) is 0 Å². The molecule has 0 aromatic heterocycles. The number of aliphatic hydroxyl groups excluding tert-OH is 3. The molecule has 0 heterocycles. The van der Waals surface area contributed by atoms with E-state index < -0.39 is 49.0 Å². The number of carbonyl (C=O) groups is 2. The summed E-state index contributed by atoms with van der Waals surface area (Å²) < 4.78 is 0. The van der Waals surface area contributed by atoms with Crippen LogP contribution in [0.25, 0.3) is 0 Å². The summed E-state index contributed by atoms with van der Waals surface area (Å²) in [4.78, 5) is 21.3. The zero-order chi connectivity index (χ0) is 12.7. The molecule has 0 saturated carbocycles. The predicted molar refractivity (Wildman–Crippen MR) is 54.8 cm³/mol. The van der Waals surface area contributed by atoms with Gasteiger partial charge >= 0.3 is 5.97 Å². The molecule has 6 heteroatoms. The van der Waals surface area contributed by atoms with E-state index >= 15 is 0 Å². The first-order chi connectivity index (χ1) is 7.42. The smallest absolute Gasteiger partial charge is 0.304 e. The van der Waals surface area contributed by atoms with Crippen LogP contribution in [-0.2, 0) is 9.59 Å². The van der Waals surface area contributed by atoms with E-state index in [1.165, 1.54) is 6.92 Å². The fourth-order valence-corrected chi connectivity index (χ4v) is 1.33. The number of carboxylic acids is 1. The number of carboxylic acid groups (broad SMARTS) is 1. The first-order valence-electron chi connectivity index (χ1n) is 4.77. The molecule has 92 valence electrons. The number of rotatable bonds is 7. The van der Waals surface area contributed by atoms with E-state index in [4.69, 9.17) is 15.3 Å². The van der Waals surface area contributed by atoms with Gasteiger partial charge in [-0.15, -0.1) is 0 Å². The van der Waals surface area contributed by atoms with Crippen molar-refractivity contribution in [3.8, 4) is 0 Å². The van der Waals surface area contributed by atoms with Crippen LogP contribution in [-0.4, -0.2) is 45.4 Å². The molecular formula is C10H16O6. The number of carbonyl (C=O) groups excluding carboxylic acids is 1. The Morgan fingerprint density at radius 3 is 2.00 bits per heavy atom. The summed E-state index contributed by atoms with van der Waals surface area (Å²) in [6.45, 7) is 0.273. The van der Waals surface area contributed by atoms with Gasteiger partial charge in [0.1, 0.15) is 0 Å². The fourth-order valence-electron chi connectivity index (χ4n) is 1.33. The number of hydrogen-bond donors (Lipinski definition) is 4. The Morgan fingerprint density at radius 2 is 1.69 bits per heavy atom. The van der Waals surface area contributed by atoms with Gasteiger partial charge in [-0.2, -0.15) is 0 Å². The number of aliphatic carboxylic acids is 1. The summed E-state index contributed by atoms with van der Waals surface area (Å²) in [6.07, 6.45) is 0.438. The quantitative estimate of drug-likeness (QED) is 0.354. The zero-order valence-corrected chi connectivity index (χ0v) is 8.96. The van der Waals surface area contributed by atoms with E-state index in [2.05, 4.69) is 0 Å². The molecule has 0 aliphatic heterocycles. The highest BCUT2D eigenvalue weighted by Crippen LogP contribution is 2.22. The largest absolute Gasteiger partial charge is 0.512 e. The van der Waals surface area contributed by atoms with Gasteiger partial charge in [0.2, 0.25) is 0 Å². The second-order valence-electron chi connectivity index (χ2n) is 3.51. The third kappa shape index (κ3) is 4.90. The molecule has 0 amide bonds. The lowest BCUT2D eigenvalue weighted by Crippen LogP contribution is -2.26. The van der Waals surface area contributed by atoms with Crippen molar-refractivity contribution in [1.82, 2.24) is 0 Å². The molecular weight excluding hydrogens is 216 g/mol. The van der Waals surface area contributed by atoms with Crippen molar-refractivity contribution in [1.29, 1.82) is 0 Å². The number of hydrogen-bond acceptors (Lipinski definition) is 5. The molecule has 0 radical (unpaired) electrons. The van der Waals surface area contributed by atoms with Crippen LogP contribution in [0.1, 0.15) is 13.3 Å². The van der Waals surface area contributed by atoms with E-state index in [1.807, 2.05) is 0 Å². The van der Waals surface area contributed by atoms with E-state index in [-0.39, 0.29) is 0 Å². The van der Waals surface area contributed by atoms with Crippen LogP contribution in [0.15, 0.2) is 11.8 Å². The molecule has 0 bridgehead atoms. The van der Waals surface area contributed by atoms with Gasteiger partial charge in [-0.3, -0.25) is 9.59 Å². The lowest BCUT2D eigenvalue weighted by Gasteiger charge is -2.21. The van der Waals surface area contributed by atoms with Crippen molar-refractivity contribution < 1.29 is 30.0 Å². The predicted octanol–water partition coefficient (Wildman–Crippen LogP) is -0.291. The zero-order valence-electron chi connectivity index (χ0n) is 8.96. The highest BCUT2D eigenvalue weighted by atomic mass is 16.4. The van der Waals surface area contributed by atoms with Crippen molar-refractivity contribution in [2.24, 2.45) is 11.8 Å². The van der Waals surface area contributed by atoms with E-state index in [1.54, 1.807) is 0 Å². The van der Waals surface area contributed by atoms with Crippen molar-refractivity contribution in [2.75, 3.05) is 13.2 Å². The first-order valence-corrected chi connectivity index (χ1v) is 4.77. The summed E-state index contributed by atoms with van der Waals surface area (Å²) in [5, 5.41) is 36.0. The van der Waals surface area contributed by atoms with Crippen LogP contribution in [0, 0.1) is 11.8 Å². The lowest BCUT2D eigenvalue weighted by molar-refractivity contribution is -0.138. The van der Waals surface area contributed by atoms with Gasteiger partial charge < -0.3 is 20.4 Å². The SMILES string of the molecule is CC(=O)/C=C(\O)[C@H](CC(=O)O)C(CO)CO. The standard InChI is InChI=1S/C10H16O6/c1-6(13)2-9(14)8(3-10(15)16)7(4-11)5-12/h2,7-8,11-12,14H,3-5H2,1H3,(H,15,16)/b9-2-/t8-/m1/s1. The Balaban J connectivity index is 4.91. The Bertz CT molecular complexity index is 279. The monoisotopic (exact) mass is 232 g/mol. The van der Waals surface area contributed by atoms with Gasteiger partial charge in [-0.25, -0.2) is 0 Å². The minimum absolute atomic E-state index is 0.428. The van der Waals surface area contributed by atoms with E-state index in [0.29, 0.717) is 0 Å². The van der Waals surface area contributed by atoms with Gasteiger partial charge in [0, 0.05) is 31.1 Å². The Hall–Kier alpha value is -1.40. The summed E-state index contributed by atoms with van der Waals surface area (Å²) >= 11 is 0. The summed E-state index contributed by atoms with van der Waals surface area (Å²) in [6, 6.07) is 0. The van der Waals surface area contributed by atoms with Crippen molar-refractivity contribution >= 4 is 11.8 Å². The highest BCUT2D eigenvalue weighted by Gasteiger charge is 2.26. The van der Waals surface area contributed by atoms with Crippen molar-refractivity contribution in [3.05, 3.63) is 11.8 Å². The molecule has 0 fully saturated rings. The Morgan fingerprint density at radius 1 is 1.19 bits per heavy atom. The minimum atomic E-state index is -1.18. The lowest BCUT2D eigenvalue weighted by atomic mass is 9.88. The van der Waals surface area contributed by atoms with Crippen LogP contribution < -0.4 is 0 Å². The third-order valence-electron chi connectivity index (χ3n) is 2.16. The number of allylic oxidation sites excluding steroid dienone is 2. The number of aliphatic hydroxyl groups is 3. The van der Waals surface area contributed by atoms with Crippen LogP contribution >= 0.6 is 0 Å². The Labute approximate surface area is 92.8 Å². The average Bonchev–Trinajstić information content (AvgIpc) is 2.16. The normalized spacial score (nSPS) is 13.9. The molecule has 0 spiro atoms. The fraction of sp³-hybridized carbons (Fsp3) is 0.600. The molecule has 0 aliphatic rings. The molecule has 0 rings (SSSR count). The molecule has 1 atom stereocenters. The van der Waals surface area contributed by atoms with Crippen molar-refractivity contribution in [2.45, 2.75) is 13.3 Å². The van der Waals surface area contributed by atoms with Crippen LogP contribution in [0.2, 0.25) is 0 Å². The minimum Gasteiger partial charge on any atom is -0.512 e. The summed E-state index contributed by atoms with van der Waals surface area (Å²) in [5.74, 6) is -3.80. The molecule has 16 heavy (non-hydrogen) atoms. The maximum absolute atomic E-state index is 10.7. The maximum Gasteiger partial charge on any atom is 0.304 e. The Kier molecular flexibility index (Phi) is 6.36. The van der Waals surface area contributed by atoms with Gasteiger partial charge in [0.05, 0.1) is 12.2 Å². The first kappa shape index (κ1) is 14.6. The molecule has 6 nitrogen and oxygen atoms in total. The second-order valence-corrected chi connectivity index (χ2v) is 3.51. The summed E-state index contributed by atoms with van der Waals surface area (Å²) in [7, 11) is 0. The summed E-state index contributed by atoms with van der Waals surface area (Å²) in [5.41, 5.74) is 0. The molecule has 0 aromatic rings. The molecule has 4 N–H and O–H groups in total. The third-order valence-corrected chi connectivity index (χ3v) is 2.16. The second kappa shape index (κ2) is 6.97. The molecule has 0 unspecified atom stereocenters. The van der Waals surface area contributed by atoms with Crippen LogP contribution in [0.4, 0.5) is 0 Å². The number of ketones is 1. The van der Waals surface area contributed by atoms with Crippen LogP contribution in [0.3, 0.4) is 0 Å². The topological polar surface area (TPSA) is 115 Å². The molecule has 0 aromatic carbocycles. The molecule has 0 saturated heterocycles.